The zero-order valence-electron chi connectivity index (χ0n) is 12.3. The van der Waals surface area contributed by atoms with Crippen LogP contribution in [-0.4, -0.2) is 37.4 Å². The number of pyridine rings is 1. The van der Waals surface area contributed by atoms with E-state index in [4.69, 9.17) is 0 Å². The SMILES string of the molecule is CSc1ccc(N2CCC(C3CCNCC3)CC2)cn1. The van der Waals surface area contributed by atoms with Crippen LogP contribution in [0, 0.1) is 11.8 Å². The summed E-state index contributed by atoms with van der Waals surface area (Å²) in [5, 5.41) is 4.59. The normalized spacial score (nSPS) is 22.1. The van der Waals surface area contributed by atoms with Gasteiger partial charge < -0.3 is 10.2 Å². The maximum absolute atomic E-state index is 4.49. The van der Waals surface area contributed by atoms with E-state index in [1.54, 1.807) is 11.8 Å². The van der Waals surface area contributed by atoms with E-state index in [0.29, 0.717) is 0 Å². The van der Waals surface area contributed by atoms with Crippen molar-refractivity contribution in [1.82, 2.24) is 10.3 Å². The van der Waals surface area contributed by atoms with Crippen LogP contribution >= 0.6 is 11.8 Å². The van der Waals surface area contributed by atoms with Gasteiger partial charge in [-0.1, -0.05) is 0 Å². The molecule has 0 aromatic carbocycles. The largest absolute Gasteiger partial charge is 0.370 e. The molecule has 3 rings (SSSR count). The minimum Gasteiger partial charge on any atom is -0.370 e. The van der Waals surface area contributed by atoms with Crippen LogP contribution in [0.1, 0.15) is 25.7 Å². The maximum Gasteiger partial charge on any atom is 0.0958 e. The van der Waals surface area contributed by atoms with Crippen molar-refractivity contribution in [1.29, 1.82) is 0 Å². The average Bonchev–Trinajstić information content (AvgIpc) is 2.56. The van der Waals surface area contributed by atoms with Gasteiger partial charge in [0.2, 0.25) is 0 Å². The van der Waals surface area contributed by atoms with Gasteiger partial charge >= 0.3 is 0 Å². The van der Waals surface area contributed by atoms with Gasteiger partial charge in [0.1, 0.15) is 0 Å². The van der Waals surface area contributed by atoms with Crippen molar-refractivity contribution >= 4 is 17.4 Å². The Bertz CT molecular complexity index is 406. The van der Waals surface area contributed by atoms with E-state index in [1.807, 2.05) is 6.20 Å². The van der Waals surface area contributed by atoms with Crippen molar-refractivity contribution in [3.63, 3.8) is 0 Å². The van der Waals surface area contributed by atoms with Gasteiger partial charge in [-0.25, -0.2) is 4.98 Å². The minimum absolute atomic E-state index is 0.951. The summed E-state index contributed by atoms with van der Waals surface area (Å²) in [6, 6.07) is 4.36. The van der Waals surface area contributed by atoms with Crippen molar-refractivity contribution in [3.8, 4) is 0 Å². The molecule has 0 bridgehead atoms. The number of nitrogens with one attached hydrogen (secondary N) is 1. The van der Waals surface area contributed by atoms with Gasteiger partial charge in [0.05, 0.1) is 16.9 Å². The summed E-state index contributed by atoms with van der Waals surface area (Å²) in [4.78, 5) is 7.00. The summed E-state index contributed by atoms with van der Waals surface area (Å²) in [5.41, 5.74) is 1.30. The number of piperidine rings is 2. The minimum atomic E-state index is 0.951. The second-order valence-corrected chi connectivity index (χ2v) is 6.80. The Morgan fingerprint density at radius 3 is 2.40 bits per heavy atom. The van der Waals surface area contributed by atoms with Crippen LogP contribution in [-0.2, 0) is 0 Å². The summed E-state index contributed by atoms with van der Waals surface area (Å²) in [7, 11) is 0. The predicted octanol–water partition coefficient (Wildman–Crippen LogP) is 3.02. The first kappa shape index (κ1) is 14.2. The molecule has 20 heavy (non-hydrogen) atoms. The molecule has 0 spiro atoms. The fourth-order valence-corrected chi connectivity index (χ4v) is 3.99. The highest BCUT2D eigenvalue weighted by Crippen LogP contribution is 2.32. The Morgan fingerprint density at radius 2 is 1.80 bits per heavy atom. The zero-order valence-corrected chi connectivity index (χ0v) is 13.2. The first-order chi connectivity index (χ1) is 9.86. The third-order valence-electron chi connectivity index (χ3n) is 4.89. The molecule has 3 heterocycles. The highest BCUT2D eigenvalue weighted by Gasteiger charge is 2.27. The molecule has 0 radical (unpaired) electrons. The first-order valence-electron chi connectivity index (χ1n) is 7.82. The van der Waals surface area contributed by atoms with Gasteiger partial charge in [-0.05, 0) is 69.0 Å². The quantitative estimate of drug-likeness (QED) is 0.867. The Kier molecular flexibility index (Phi) is 4.84. The summed E-state index contributed by atoms with van der Waals surface area (Å²) in [6.07, 6.45) is 9.59. The van der Waals surface area contributed by atoms with E-state index in [-0.39, 0.29) is 0 Å². The first-order valence-corrected chi connectivity index (χ1v) is 9.05. The van der Waals surface area contributed by atoms with Gasteiger partial charge in [-0.2, -0.15) is 0 Å². The summed E-state index contributed by atoms with van der Waals surface area (Å²) < 4.78 is 0. The molecule has 2 saturated heterocycles. The molecular weight excluding hydrogens is 266 g/mol. The van der Waals surface area contributed by atoms with Crippen LogP contribution < -0.4 is 10.2 Å². The van der Waals surface area contributed by atoms with Crippen molar-refractivity contribution in [2.45, 2.75) is 30.7 Å². The molecule has 0 unspecified atom stereocenters. The third kappa shape index (κ3) is 3.29. The monoisotopic (exact) mass is 291 g/mol. The number of aromatic nitrogens is 1. The van der Waals surface area contributed by atoms with E-state index in [0.717, 1.165) is 16.9 Å². The smallest absolute Gasteiger partial charge is 0.0958 e. The molecule has 2 aliphatic rings. The molecule has 0 atom stereocenters. The van der Waals surface area contributed by atoms with Gasteiger partial charge in [0.25, 0.3) is 0 Å². The molecular formula is C16H25N3S. The second kappa shape index (κ2) is 6.81. The molecule has 2 aliphatic heterocycles. The fourth-order valence-electron chi connectivity index (χ4n) is 3.63. The fraction of sp³-hybridized carbons (Fsp3) is 0.688. The average molecular weight is 291 g/mol. The number of thioether (sulfide) groups is 1. The van der Waals surface area contributed by atoms with Crippen LogP contribution in [0.2, 0.25) is 0 Å². The van der Waals surface area contributed by atoms with Crippen molar-refractivity contribution in [2.75, 3.05) is 37.3 Å². The Morgan fingerprint density at radius 1 is 1.10 bits per heavy atom. The van der Waals surface area contributed by atoms with Crippen molar-refractivity contribution in [2.24, 2.45) is 11.8 Å². The van der Waals surface area contributed by atoms with Crippen molar-refractivity contribution in [3.05, 3.63) is 18.3 Å². The van der Waals surface area contributed by atoms with Gasteiger partial charge in [0, 0.05) is 13.1 Å². The molecule has 1 N–H and O–H groups in total. The summed E-state index contributed by atoms with van der Waals surface area (Å²) >= 11 is 1.71. The second-order valence-electron chi connectivity index (χ2n) is 5.97. The lowest BCUT2D eigenvalue weighted by Gasteiger charge is -2.38. The van der Waals surface area contributed by atoms with E-state index in [2.05, 4.69) is 33.6 Å². The standard InChI is InChI=1S/C16H25N3S/c1-20-16-3-2-15(12-18-16)19-10-6-14(7-11-19)13-4-8-17-9-5-13/h2-3,12-14,17H,4-11H2,1H3. The Hall–Kier alpha value is -0.740. The number of hydrogen-bond donors (Lipinski definition) is 1. The Balaban J connectivity index is 1.54. The highest BCUT2D eigenvalue weighted by atomic mass is 32.2. The molecule has 1 aromatic heterocycles. The molecule has 0 saturated carbocycles. The molecule has 0 amide bonds. The Labute approximate surface area is 126 Å². The number of hydrogen-bond acceptors (Lipinski definition) is 4. The van der Waals surface area contributed by atoms with Crippen LogP contribution in [0.3, 0.4) is 0 Å². The predicted molar refractivity (Wildman–Crippen MR) is 86.5 cm³/mol. The molecule has 2 fully saturated rings. The summed E-state index contributed by atoms with van der Waals surface area (Å²) in [6.45, 7) is 4.86. The lowest BCUT2D eigenvalue weighted by atomic mass is 9.79. The van der Waals surface area contributed by atoms with Crippen molar-refractivity contribution < 1.29 is 0 Å². The van der Waals surface area contributed by atoms with Crippen LogP contribution in [0.5, 0.6) is 0 Å². The molecule has 3 nitrogen and oxygen atoms in total. The highest BCUT2D eigenvalue weighted by molar-refractivity contribution is 7.98. The number of rotatable bonds is 3. The molecule has 110 valence electrons. The third-order valence-corrected chi connectivity index (χ3v) is 5.54. The lowest BCUT2D eigenvalue weighted by molar-refractivity contribution is 0.222. The van der Waals surface area contributed by atoms with Crippen LogP contribution in [0.25, 0.3) is 0 Å². The van der Waals surface area contributed by atoms with Gasteiger partial charge in [0.15, 0.2) is 0 Å². The maximum atomic E-state index is 4.49. The van der Waals surface area contributed by atoms with E-state index >= 15 is 0 Å². The number of nitrogens with zero attached hydrogens (tertiary/aromatic N) is 2. The van der Waals surface area contributed by atoms with E-state index < -0.39 is 0 Å². The van der Waals surface area contributed by atoms with E-state index in [9.17, 15) is 0 Å². The van der Waals surface area contributed by atoms with Gasteiger partial charge in [-0.15, -0.1) is 11.8 Å². The lowest BCUT2D eigenvalue weighted by Crippen LogP contribution is -2.39. The summed E-state index contributed by atoms with van der Waals surface area (Å²) in [5.74, 6) is 1.92. The molecule has 4 heteroatoms. The van der Waals surface area contributed by atoms with Crippen LogP contribution in [0.4, 0.5) is 5.69 Å². The molecule has 0 aliphatic carbocycles. The van der Waals surface area contributed by atoms with Gasteiger partial charge in [-0.3, -0.25) is 0 Å². The van der Waals surface area contributed by atoms with Crippen LogP contribution in [0.15, 0.2) is 23.4 Å². The zero-order chi connectivity index (χ0) is 13.8. The number of anilines is 1. The van der Waals surface area contributed by atoms with E-state index in [1.165, 1.54) is 57.5 Å². The molecule has 1 aromatic rings. The topological polar surface area (TPSA) is 28.2 Å².